The molecule has 2 aromatic heterocycles. The van der Waals surface area contributed by atoms with Crippen LogP contribution < -0.4 is 0 Å². The van der Waals surface area contributed by atoms with Crippen molar-refractivity contribution < 1.29 is 0 Å². The van der Waals surface area contributed by atoms with Crippen LogP contribution in [0.5, 0.6) is 0 Å². The highest BCUT2D eigenvalue weighted by Gasteiger charge is 2.05. The van der Waals surface area contributed by atoms with E-state index in [1.165, 1.54) is 0 Å². The van der Waals surface area contributed by atoms with Gasteiger partial charge >= 0.3 is 0 Å². The van der Waals surface area contributed by atoms with Gasteiger partial charge in [0, 0.05) is 34.8 Å². The monoisotopic (exact) mass is 247 g/mol. The lowest BCUT2D eigenvalue weighted by Crippen LogP contribution is -1.77. The van der Waals surface area contributed by atoms with Gasteiger partial charge in [0.25, 0.3) is 0 Å². The molecule has 0 unspecified atom stereocenters. The summed E-state index contributed by atoms with van der Waals surface area (Å²) >= 11 is 6.11. The molecule has 2 aromatic rings. The molecule has 1 N–H and O–H groups in total. The van der Waals surface area contributed by atoms with Gasteiger partial charge in [-0.15, -0.1) is 0 Å². The molecule has 2 heterocycles. The van der Waals surface area contributed by atoms with E-state index in [4.69, 9.17) is 17.1 Å². The van der Waals surface area contributed by atoms with Gasteiger partial charge in [0.1, 0.15) is 5.65 Å². The van der Waals surface area contributed by atoms with Crippen molar-refractivity contribution in [3.8, 4) is 0 Å². The maximum Gasteiger partial charge on any atom is 0.139 e. The van der Waals surface area contributed by atoms with Crippen molar-refractivity contribution in [2.24, 2.45) is 5.11 Å². The Hall–Kier alpha value is -1.97. The van der Waals surface area contributed by atoms with E-state index in [9.17, 15) is 0 Å². The van der Waals surface area contributed by atoms with Crippen molar-refractivity contribution in [3.63, 3.8) is 0 Å². The van der Waals surface area contributed by atoms with E-state index in [-0.39, 0.29) is 0 Å². The average molecular weight is 248 g/mol. The van der Waals surface area contributed by atoms with Gasteiger partial charge in [0.05, 0.1) is 5.02 Å². The molecule has 0 saturated heterocycles. The highest BCUT2D eigenvalue weighted by molar-refractivity contribution is 6.35. The van der Waals surface area contributed by atoms with Crippen molar-refractivity contribution in [1.82, 2.24) is 9.97 Å². The number of hydrogen-bond acceptors (Lipinski definition) is 2. The Kier molecular flexibility index (Phi) is 3.65. The fourth-order valence-corrected chi connectivity index (χ4v) is 1.81. The summed E-state index contributed by atoms with van der Waals surface area (Å²) in [7, 11) is 0. The minimum absolute atomic E-state index is 0.460. The molecule has 0 aliphatic heterocycles. The molecule has 0 radical (unpaired) electrons. The second-order valence-electron chi connectivity index (χ2n) is 3.41. The lowest BCUT2D eigenvalue weighted by molar-refractivity contribution is 0.996. The van der Waals surface area contributed by atoms with E-state index in [1.54, 1.807) is 12.3 Å². The molecule has 2 rings (SSSR count). The molecular formula is C11H10ClN5. The van der Waals surface area contributed by atoms with Crippen molar-refractivity contribution in [2.45, 2.75) is 6.42 Å². The van der Waals surface area contributed by atoms with Crippen LogP contribution >= 0.6 is 11.6 Å². The fraction of sp³-hybridized carbons (Fsp3) is 0.182. The molecule has 0 spiro atoms. The zero-order valence-corrected chi connectivity index (χ0v) is 9.72. The standard InChI is InChI=1S/C11H10ClN5/c12-9-4-6-14-11-10(9)8(7-15-11)3-1-2-5-16-17-13/h1,3-4,6-7H,2,5H2,(H,14,15). The van der Waals surface area contributed by atoms with Crippen molar-refractivity contribution in [2.75, 3.05) is 6.54 Å². The van der Waals surface area contributed by atoms with Crippen LogP contribution in [0.1, 0.15) is 12.0 Å². The Morgan fingerprint density at radius 1 is 1.59 bits per heavy atom. The summed E-state index contributed by atoms with van der Waals surface area (Å²) in [5.74, 6) is 0. The molecule has 0 fully saturated rings. The van der Waals surface area contributed by atoms with Crippen LogP contribution in [0, 0.1) is 0 Å². The number of halogens is 1. The van der Waals surface area contributed by atoms with Gasteiger partial charge in [-0.3, -0.25) is 0 Å². The second-order valence-corrected chi connectivity index (χ2v) is 3.81. The number of pyridine rings is 1. The number of hydrogen-bond donors (Lipinski definition) is 1. The number of H-pyrrole nitrogens is 1. The molecule has 0 aliphatic rings. The molecule has 0 aliphatic carbocycles. The Morgan fingerprint density at radius 2 is 2.47 bits per heavy atom. The van der Waals surface area contributed by atoms with Gasteiger partial charge in [-0.1, -0.05) is 28.9 Å². The van der Waals surface area contributed by atoms with E-state index in [0.29, 0.717) is 18.0 Å². The quantitative estimate of drug-likeness (QED) is 0.378. The lowest BCUT2D eigenvalue weighted by Gasteiger charge is -1.94. The maximum atomic E-state index is 8.13. The molecule has 0 saturated carbocycles. The number of fused-ring (bicyclic) bond motifs is 1. The normalized spacial score (nSPS) is 10.9. The molecule has 86 valence electrons. The average Bonchev–Trinajstić information content (AvgIpc) is 2.74. The lowest BCUT2D eigenvalue weighted by atomic mass is 10.2. The van der Waals surface area contributed by atoms with Crippen LogP contribution in [0.2, 0.25) is 5.02 Å². The van der Waals surface area contributed by atoms with Crippen LogP contribution in [0.25, 0.3) is 27.6 Å². The summed E-state index contributed by atoms with van der Waals surface area (Å²) in [5, 5.41) is 5.04. The smallest absolute Gasteiger partial charge is 0.139 e. The Bertz CT molecular complexity index is 595. The third kappa shape index (κ3) is 2.58. The molecule has 0 bridgehead atoms. The van der Waals surface area contributed by atoms with E-state index >= 15 is 0 Å². The molecule has 0 aromatic carbocycles. The first-order chi connectivity index (χ1) is 8.33. The van der Waals surface area contributed by atoms with Crippen LogP contribution in [0.3, 0.4) is 0 Å². The third-order valence-electron chi connectivity index (χ3n) is 2.31. The van der Waals surface area contributed by atoms with E-state index in [0.717, 1.165) is 16.6 Å². The number of aromatic amines is 1. The second kappa shape index (κ2) is 5.39. The van der Waals surface area contributed by atoms with E-state index < -0.39 is 0 Å². The summed E-state index contributed by atoms with van der Waals surface area (Å²) in [6.45, 7) is 0.460. The van der Waals surface area contributed by atoms with Gasteiger partial charge in [-0.2, -0.15) is 0 Å². The summed E-state index contributed by atoms with van der Waals surface area (Å²) < 4.78 is 0. The van der Waals surface area contributed by atoms with Gasteiger partial charge < -0.3 is 4.98 Å². The summed E-state index contributed by atoms with van der Waals surface area (Å²) in [6, 6.07) is 1.76. The molecule has 0 amide bonds. The fourth-order valence-electron chi connectivity index (χ4n) is 1.56. The van der Waals surface area contributed by atoms with Crippen molar-refractivity contribution in [1.29, 1.82) is 0 Å². The number of azide groups is 1. The van der Waals surface area contributed by atoms with Gasteiger partial charge in [-0.25, -0.2) is 4.98 Å². The van der Waals surface area contributed by atoms with Crippen LogP contribution in [0.4, 0.5) is 0 Å². The highest BCUT2D eigenvalue weighted by atomic mass is 35.5. The van der Waals surface area contributed by atoms with Crippen LogP contribution in [-0.2, 0) is 0 Å². The number of nitrogens with one attached hydrogen (secondary N) is 1. The number of rotatable bonds is 4. The minimum Gasteiger partial charge on any atom is -0.345 e. The topological polar surface area (TPSA) is 77.4 Å². The molecule has 5 nitrogen and oxygen atoms in total. The Balaban J connectivity index is 2.21. The summed E-state index contributed by atoms with van der Waals surface area (Å²) in [6.07, 6.45) is 8.11. The van der Waals surface area contributed by atoms with Gasteiger partial charge in [0.15, 0.2) is 0 Å². The van der Waals surface area contributed by atoms with Crippen LogP contribution in [0.15, 0.2) is 29.7 Å². The predicted molar refractivity (Wildman–Crippen MR) is 68.8 cm³/mol. The Labute approximate surface area is 103 Å². The predicted octanol–water partition coefficient (Wildman–Crippen LogP) is 3.93. The molecular weight excluding hydrogens is 238 g/mol. The summed E-state index contributed by atoms with van der Waals surface area (Å²) in [5.41, 5.74) is 9.89. The van der Waals surface area contributed by atoms with E-state index in [1.807, 2.05) is 18.3 Å². The van der Waals surface area contributed by atoms with E-state index in [2.05, 4.69) is 20.0 Å². The zero-order chi connectivity index (χ0) is 12.1. The number of nitrogens with zero attached hydrogens (tertiary/aromatic N) is 4. The van der Waals surface area contributed by atoms with Gasteiger partial charge in [0.2, 0.25) is 0 Å². The number of aromatic nitrogens is 2. The molecule has 6 heteroatoms. The zero-order valence-electron chi connectivity index (χ0n) is 8.97. The molecule has 0 atom stereocenters. The first kappa shape index (κ1) is 11.5. The summed E-state index contributed by atoms with van der Waals surface area (Å²) in [4.78, 5) is 9.92. The van der Waals surface area contributed by atoms with Crippen molar-refractivity contribution >= 4 is 28.7 Å². The minimum atomic E-state index is 0.460. The Morgan fingerprint density at radius 3 is 3.29 bits per heavy atom. The molecule has 17 heavy (non-hydrogen) atoms. The van der Waals surface area contributed by atoms with Crippen LogP contribution in [-0.4, -0.2) is 16.5 Å². The van der Waals surface area contributed by atoms with Crippen molar-refractivity contribution in [3.05, 3.63) is 45.6 Å². The third-order valence-corrected chi connectivity index (χ3v) is 2.62. The maximum absolute atomic E-state index is 8.13. The first-order valence-electron chi connectivity index (χ1n) is 5.12. The van der Waals surface area contributed by atoms with Gasteiger partial charge in [-0.05, 0) is 18.0 Å². The largest absolute Gasteiger partial charge is 0.345 e. The highest BCUT2D eigenvalue weighted by Crippen LogP contribution is 2.25. The SMILES string of the molecule is [N-]=[N+]=NCCC=Cc1c[nH]c2nccc(Cl)c12. The first-order valence-corrected chi connectivity index (χ1v) is 5.49.